The second kappa shape index (κ2) is 6.65. The summed E-state index contributed by atoms with van der Waals surface area (Å²) in [5.74, 6) is -0.154. The van der Waals surface area contributed by atoms with Crippen molar-refractivity contribution in [3.8, 4) is 5.75 Å². The van der Waals surface area contributed by atoms with Gasteiger partial charge in [-0.1, -0.05) is 31.5 Å². The van der Waals surface area contributed by atoms with Crippen LogP contribution in [0.25, 0.3) is 0 Å². The van der Waals surface area contributed by atoms with Gasteiger partial charge in [-0.2, -0.15) is 0 Å². The highest BCUT2D eigenvalue weighted by Gasteiger charge is 2.42. The summed E-state index contributed by atoms with van der Waals surface area (Å²) >= 11 is 1.49. The summed E-state index contributed by atoms with van der Waals surface area (Å²) in [4.78, 5) is 24.8. The normalized spacial score (nSPS) is 21.8. The number of amides is 1. The van der Waals surface area contributed by atoms with E-state index in [0.717, 1.165) is 12.8 Å². The number of rotatable bonds is 4. The van der Waals surface area contributed by atoms with Gasteiger partial charge in [0, 0.05) is 5.75 Å². The average Bonchev–Trinajstić information content (AvgIpc) is 2.84. The van der Waals surface area contributed by atoms with Crippen LogP contribution < -0.4 is 4.74 Å². The van der Waals surface area contributed by atoms with E-state index in [1.54, 1.807) is 24.3 Å². The Balaban J connectivity index is 2.12. The number of hydrogen-bond acceptors (Lipinski definition) is 4. The van der Waals surface area contributed by atoms with Crippen LogP contribution in [0.4, 0.5) is 4.79 Å². The fraction of sp³-hybridized carbons (Fsp3) is 0.429. The Kier molecular flexibility index (Phi) is 4.89. The number of thioether (sulfide) groups is 1. The van der Waals surface area contributed by atoms with E-state index in [2.05, 4.69) is 0 Å². The van der Waals surface area contributed by atoms with E-state index in [9.17, 15) is 14.7 Å². The molecule has 1 amide bonds. The third-order valence-corrected chi connectivity index (χ3v) is 4.43. The minimum absolute atomic E-state index is 0.127. The van der Waals surface area contributed by atoms with E-state index >= 15 is 0 Å². The molecule has 1 aromatic rings. The van der Waals surface area contributed by atoms with Crippen molar-refractivity contribution < 1.29 is 19.4 Å². The van der Waals surface area contributed by atoms with Crippen LogP contribution >= 0.6 is 11.8 Å². The van der Waals surface area contributed by atoms with Crippen molar-refractivity contribution in [2.24, 2.45) is 0 Å². The minimum atomic E-state index is -0.985. The fourth-order valence-corrected chi connectivity index (χ4v) is 3.61. The molecule has 1 saturated heterocycles. The van der Waals surface area contributed by atoms with Crippen LogP contribution in [0.3, 0.4) is 0 Å². The maximum atomic E-state index is 12.2. The average molecular weight is 295 g/mol. The van der Waals surface area contributed by atoms with Crippen LogP contribution in [-0.2, 0) is 4.79 Å². The quantitative estimate of drug-likeness (QED) is 0.925. The molecular formula is C14H17NO4S. The van der Waals surface area contributed by atoms with E-state index in [-0.39, 0.29) is 5.37 Å². The van der Waals surface area contributed by atoms with Crippen LogP contribution in [0.5, 0.6) is 5.75 Å². The topological polar surface area (TPSA) is 66.8 Å². The second-order valence-corrected chi connectivity index (χ2v) is 5.73. The molecule has 0 bridgehead atoms. The molecule has 1 N–H and O–H groups in total. The molecule has 1 heterocycles. The molecule has 0 radical (unpaired) electrons. The van der Waals surface area contributed by atoms with Crippen LogP contribution in [0.2, 0.25) is 0 Å². The van der Waals surface area contributed by atoms with Gasteiger partial charge in [-0.15, -0.1) is 11.8 Å². The van der Waals surface area contributed by atoms with Crippen molar-refractivity contribution in [2.45, 2.75) is 31.2 Å². The van der Waals surface area contributed by atoms with Crippen molar-refractivity contribution in [2.75, 3.05) is 5.75 Å². The lowest BCUT2D eigenvalue weighted by Crippen LogP contribution is -2.46. The van der Waals surface area contributed by atoms with Gasteiger partial charge in [0.05, 0.1) is 5.37 Å². The number of ether oxygens (including phenoxy) is 1. The molecule has 6 heteroatoms. The number of aliphatic carboxylic acids is 1. The summed E-state index contributed by atoms with van der Waals surface area (Å²) in [7, 11) is 0. The zero-order valence-corrected chi connectivity index (χ0v) is 12.0. The van der Waals surface area contributed by atoms with Gasteiger partial charge in [0.1, 0.15) is 11.8 Å². The van der Waals surface area contributed by atoms with Crippen molar-refractivity contribution in [1.82, 2.24) is 4.90 Å². The predicted octanol–water partition coefficient (Wildman–Crippen LogP) is 2.81. The van der Waals surface area contributed by atoms with E-state index in [0.29, 0.717) is 11.5 Å². The van der Waals surface area contributed by atoms with Gasteiger partial charge in [0.25, 0.3) is 0 Å². The zero-order chi connectivity index (χ0) is 14.5. The third kappa shape index (κ3) is 3.25. The lowest BCUT2D eigenvalue weighted by atomic mass is 10.2. The van der Waals surface area contributed by atoms with E-state index < -0.39 is 18.1 Å². The molecule has 1 fully saturated rings. The van der Waals surface area contributed by atoms with E-state index in [4.69, 9.17) is 4.74 Å². The largest absolute Gasteiger partial charge is 0.480 e. The molecule has 108 valence electrons. The maximum Gasteiger partial charge on any atom is 0.416 e. The number of carbonyl (C=O) groups excluding carboxylic acids is 1. The molecule has 1 aliphatic rings. The Morgan fingerprint density at radius 2 is 2.10 bits per heavy atom. The van der Waals surface area contributed by atoms with E-state index in [1.165, 1.54) is 16.7 Å². The smallest absolute Gasteiger partial charge is 0.416 e. The molecular weight excluding hydrogens is 278 g/mol. The lowest BCUT2D eigenvalue weighted by molar-refractivity contribution is -0.141. The first-order valence-electron chi connectivity index (χ1n) is 6.53. The summed E-state index contributed by atoms with van der Waals surface area (Å²) in [6, 6.07) is 7.88. The third-order valence-electron chi connectivity index (χ3n) is 3.07. The first-order chi connectivity index (χ1) is 9.63. The monoisotopic (exact) mass is 295 g/mol. The number of hydrogen-bond donors (Lipinski definition) is 1. The van der Waals surface area contributed by atoms with Gasteiger partial charge >= 0.3 is 12.1 Å². The Labute approximate surface area is 121 Å². The van der Waals surface area contributed by atoms with Gasteiger partial charge in [-0.05, 0) is 18.6 Å². The second-order valence-electron chi connectivity index (χ2n) is 4.52. The van der Waals surface area contributed by atoms with Crippen LogP contribution in [0.15, 0.2) is 30.3 Å². The van der Waals surface area contributed by atoms with Gasteiger partial charge in [0.2, 0.25) is 0 Å². The maximum absolute atomic E-state index is 12.2. The SMILES string of the molecule is CCCC1SCC(C(=O)O)N1C(=O)Oc1ccccc1. The number of para-hydroxylation sites is 1. The Hall–Kier alpha value is -1.69. The van der Waals surface area contributed by atoms with Gasteiger partial charge in [0.15, 0.2) is 0 Å². The Morgan fingerprint density at radius 3 is 2.70 bits per heavy atom. The summed E-state index contributed by atoms with van der Waals surface area (Å²) in [5.41, 5.74) is 0. The molecule has 1 aromatic carbocycles. The highest BCUT2D eigenvalue weighted by molar-refractivity contribution is 8.00. The molecule has 0 aliphatic carbocycles. The van der Waals surface area contributed by atoms with Crippen molar-refractivity contribution in [3.05, 3.63) is 30.3 Å². The van der Waals surface area contributed by atoms with Crippen LogP contribution in [-0.4, -0.2) is 39.2 Å². The van der Waals surface area contributed by atoms with Crippen molar-refractivity contribution in [1.29, 1.82) is 0 Å². The van der Waals surface area contributed by atoms with Gasteiger partial charge < -0.3 is 9.84 Å². The molecule has 2 unspecified atom stereocenters. The molecule has 0 spiro atoms. The highest BCUT2D eigenvalue weighted by Crippen LogP contribution is 2.33. The van der Waals surface area contributed by atoms with Crippen LogP contribution in [0, 0.1) is 0 Å². The molecule has 0 aromatic heterocycles. The molecule has 5 nitrogen and oxygen atoms in total. The Bertz CT molecular complexity index is 479. The molecule has 2 atom stereocenters. The predicted molar refractivity (Wildman–Crippen MR) is 76.9 cm³/mol. The Morgan fingerprint density at radius 1 is 1.40 bits per heavy atom. The molecule has 20 heavy (non-hydrogen) atoms. The van der Waals surface area contributed by atoms with Crippen LogP contribution in [0.1, 0.15) is 19.8 Å². The van der Waals surface area contributed by atoms with Crippen molar-refractivity contribution in [3.63, 3.8) is 0 Å². The number of carbonyl (C=O) groups is 2. The first kappa shape index (κ1) is 14.7. The number of nitrogens with zero attached hydrogens (tertiary/aromatic N) is 1. The minimum Gasteiger partial charge on any atom is -0.480 e. The summed E-state index contributed by atoms with van der Waals surface area (Å²) in [5, 5.41) is 9.09. The standard InChI is InChI=1S/C14H17NO4S/c1-2-6-12-15(11(9-20-12)13(16)17)14(18)19-10-7-4-3-5-8-10/h3-5,7-8,11-12H,2,6,9H2,1H3,(H,16,17). The summed E-state index contributed by atoms with van der Waals surface area (Å²) in [6.45, 7) is 2.01. The fourth-order valence-electron chi connectivity index (χ4n) is 2.11. The number of carboxylic acid groups (broad SMARTS) is 1. The summed E-state index contributed by atoms with van der Waals surface area (Å²) in [6.07, 6.45) is 1.06. The zero-order valence-electron chi connectivity index (χ0n) is 11.2. The first-order valence-corrected chi connectivity index (χ1v) is 7.58. The number of benzene rings is 1. The van der Waals surface area contributed by atoms with Gasteiger partial charge in [-0.25, -0.2) is 9.59 Å². The summed E-state index contributed by atoms with van der Waals surface area (Å²) < 4.78 is 5.27. The molecule has 1 aliphatic heterocycles. The van der Waals surface area contributed by atoms with Crippen molar-refractivity contribution >= 4 is 23.8 Å². The van der Waals surface area contributed by atoms with Gasteiger partial charge in [-0.3, -0.25) is 4.90 Å². The molecule has 0 saturated carbocycles. The highest BCUT2D eigenvalue weighted by atomic mass is 32.2. The van der Waals surface area contributed by atoms with E-state index in [1.807, 2.05) is 13.0 Å². The molecule has 2 rings (SSSR count). The lowest BCUT2D eigenvalue weighted by Gasteiger charge is -2.26. The number of carboxylic acids is 1.